The van der Waals surface area contributed by atoms with E-state index in [9.17, 15) is 9.59 Å². The summed E-state index contributed by atoms with van der Waals surface area (Å²) < 4.78 is 1.86. The number of rotatable bonds is 4. The molecule has 1 aliphatic rings. The smallest absolute Gasteiger partial charge is 0.251 e. The van der Waals surface area contributed by atoms with Crippen LogP contribution in [-0.2, 0) is 18.3 Å². The summed E-state index contributed by atoms with van der Waals surface area (Å²) in [7, 11) is 1.88. The van der Waals surface area contributed by atoms with E-state index < -0.39 is 0 Å². The highest BCUT2D eigenvalue weighted by molar-refractivity contribution is 5.96. The van der Waals surface area contributed by atoms with Crippen molar-refractivity contribution in [1.29, 1.82) is 0 Å². The molecule has 0 bridgehead atoms. The largest absolute Gasteiger partial charge is 0.347 e. The van der Waals surface area contributed by atoms with Crippen LogP contribution in [0.5, 0.6) is 0 Å². The molecule has 1 aliphatic heterocycles. The summed E-state index contributed by atoms with van der Waals surface area (Å²) >= 11 is 0. The minimum Gasteiger partial charge on any atom is -0.347 e. The van der Waals surface area contributed by atoms with Gasteiger partial charge in [-0.2, -0.15) is 0 Å². The monoisotopic (exact) mass is 327 g/mol. The Balaban J connectivity index is 1.83. The summed E-state index contributed by atoms with van der Waals surface area (Å²) in [6, 6.07) is 1.20. The lowest BCUT2D eigenvalue weighted by atomic mass is 9.96. The fourth-order valence-electron chi connectivity index (χ4n) is 3.05. The van der Waals surface area contributed by atoms with E-state index in [1.807, 2.05) is 24.7 Å². The fourth-order valence-corrected chi connectivity index (χ4v) is 3.05. The molecule has 0 aromatic carbocycles. The average molecular weight is 327 g/mol. The summed E-state index contributed by atoms with van der Waals surface area (Å²) in [4.78, 5) is 32.9. The van der Waals surface area contributed by atoms with Gasteiger partial charge < -0.3 is 15.2 Å². The number of carbonyl (C=O) groups excluding carboxylic acids is 2. The molecule has 0 saturated carbocycles. The Kier molecular flexibility index (Phi) is 4.59. The van der Waals surface area contributed by atoms with Crippen molar-refractivity contribution in [3.63, 3.8) is 0 Å². The third kappa shape index (κ3) is 3.15. The second kappa shape index (κ2) is 6.82. The van der Waals surface area contributed by atoms with Gasteiger partial charge in [0, 0.05) is 43.8 Å². The Bertz CT molecular complexity index is 755. The zero-order valence-electron chi connectivity index (χ0n) is 13.8. The maximum Gasteiger partial charge on any atom is 0.251 e. The fraction of sp³-hybridized carbons (Fsp3) is 0.412. The van der Waals surface area contributed by atoms with E-state index in [1.54, 1.807) is 24.7 Å². The molecule has 126 valence electrons. The molecule has 2 atom stereocenters. The first-order valence-corrected chi connectivity index (χ1v) is 8.10. The predicted molar refractivity (Wildman–Crippen MR) is 88.2 cm³/mol. The molecule has 1 fully saturated rings. The first-order valence-electron chi connectivity index (χ1n) is 8.10. The lowest BCUT2D eigenvalue weighted by Gasteiger charge is -2.32. The number of carbonyl (C=O) groups is 2. The van der Waals surface area contributed by atoms with E-state index in [-0.39, 0.29) is 23.9 Å². The van der Waals surface area contributed by atoms with Gasteiger partial charge in [-0.25, -0.2) is 4.98 Å². The summed E-state index contributed by atoms with van der Waals surface area (Å²) in [5.41, 5.74) is 1.53. The van der Waals surface area contributed by atoms with E-state index in [4.69, 9.17) is 0 Å². The molecule has 0 aliphatic carbocycles. The minimum atomic E-state index is -0.331. The Labute approximate surface area is 140 Å². The van der Waals surface area contributed by atoms with Crippen molar-refractivity contribution in [3.05, 3.63) is 47.8 Å². The lowest BCUT2D eigenvalue weighted by Crippen LogP contribution is -2.51. The molecule has 0 spiro atoms. The number of nitrogens with one attached hydrogen (secondary N) is 2. The molecule has 7 heteroatoms. The minimum absolute atomic E-state index is 0.0216. The second-order valence-corrected chi connectivity index (χ2v) is 5.95. The van der Waals surface area contributed by atoms with Gasteiger partial charge >= 0.3 is 0 Å². The Morgan fingerprint density at radius 1 is 1.46 bits per heavy atom. The number of hydrogen-bond donors (Lipinski definition) is 2. The third-order valence-corrected chi connectivity index (χ3v) is 4.38. The number of aryl methyl sites for hydroxylation is 2. The molecule has 2 amide bonds. The van der Waals surface area contributed by atoms with E-state index in [0.717, 1.165) is 17.8 Å². The number of imidazole rings is 1. The van der Waals surface area contributed by atoms with Gasteiger partial charge in [0.2, 0.25) is 5.91 Å². The summed E-state index contributed by atoms with van der Waals surface area (Å²) in [5.74, 6) is 0.569. The molecule has 0 unspecified atom stereocenters. The zero-order valence-corrected chi connectivity index (χ0v) is 13.8. The number of aromatic nitrogens is 3. The summed E-state index contributed by atoms with van der Waals surface area (Å²) in [6.07, 6.45) is 8.56. The standard InChI is InChI=1S/C17H21N5O2/c1-3-11-10-18-7-6-12(11)17(24)20-13-4-5-14(23)21-15(13)16-19-8-9-22(16)2/h6-10,13,15H,3-5H2,1-2H3,(H,20,24)(H,21,23)/t13-,15-/m1/s1. The van der Waals surface area contributed by atoms with Gasteiger partial charge in [0.25, 0.3) is 5.91 Å². The number of amides is 2. The highest BCUT2D eigenvalue weighted by Gasteiger charge is 2.33. The van der Waals surface area contributed by atoms with Gasteiger partial charge in [0.05, 0.1) is 6.04 Å². The van der Waals surface area contributed by atoms with Crippen molar-refractivity contribution < 1.29 is 9.59 Å². The maximum absolute atomic E-state index is 12.7. The SMILES string of the molecule is CCc1cnccc1C(=O)N[C@@H]1CCC(=O)N[C@H]1c1nccn1C. The molecular weight excluding hydrogens is 306 g/mol. The van der Waals surface area contributed by atoms with Crippen LogP contribution in [0.3, 0.4) is 0 Å². The molecule has 0 radical (unpaired) electrons. The molecule has 7 nitrogen and oxygen atoms in total. The Hall–Kier alpha value is -2.70. The van der Waals surface area contributed by atoms with Crippen molar-refractivity contribution in [3.8, 4) is 0 Å². The second-order valence-electron chi connectivity index (χ2n) is 5.95. The van der Waals surface area contributed by atoms with Crippen molar-refractivity contribution in [2.75, 3.05) is 0 Å². The highest BCUT2D eigenvalue weighted by atomic mass is 16.2. The van der Waals surface area contributed by atoms with Crippen LogP contribution in [0, 0.1) is 0 Å². The number of nitrogens with zero attached hydrogens (tertiary/aromatic N) is 3. The molecule has 3 rings (SSSR count). The Morgan fingerprint density at radius 2 is 2.29 bits per heavy atom. The molecule has 24 heavy (non-hydrogen) atoms. The van der Waals surface area contributed by atoms with Gasteiger partial charge in [-0.3, -0.25) is 14.6 Å². The van der Waals surface area contributed by atoms with E-state index in [0.29, 0.717) is 18.4 Å². The van der Waals surface area contributed by atoms with Crippen LogP contribution in [0.1, 0.15) is 47.6 Å². The van der Waals surface area contributed by atoms with Crippen LogP contribution in [-0.4, -0.2) is 32.4 Å². The normalized spacial score (nSPS) is 20.5. The molecule has 2 aromatic heterocycles. The van der Waals surface area contributed by atoms with Crippen LogP contribution in [0.15, 0.2) is 30.9 Å². The van der Waals surface area contributed by atoms with Gasteiger partial charge in [-0.1, -0.05) is 6.92 Å². The van der Waals surface area contributed by atoms with Gasteiger partial charge in [0.1, 0.15) is 11.9 Å². The van der Waals surface area contributed by atoms with Crippen LogP contribution in [0.2, 0.25) is 0 Å². The lowest BCUT2D eigenvalue weighted by molar-refractivity contribution is -0.124. The molecule has 1 saturated heterocycles. The van der Waals surface area contributed by atoms with Gasteiger partial charge in [0.15, 0.2) is 0 Å². The van der Waals surface area contributed by atoms with E-state index in [1.165, 1.54) is 0 Å². The first-order chi connectivity index (χ1) is 11.6. The third-order valence-electron chi connectivity index (χ3n) is 4.38. The van der Waals surface area contributed by atoms with E-state index in [2.05, 4.69) is 20.6 Å². The van der Waals surface area contributed by atoms with E-state index >= 15 is 0 Å². The molecule has 2 aromatic rings. The summed E-state index contributed by atoms with van der Waals surface area (Å²) in [6.45, 7) is 1.99. The molecule has 2 N–H and O–H groups in total. The van der Waals surface area contributed by atoms with Crippen molar-refractivity contribution in [2.24, 2.45) is 7.05 Å². The number of pyridine rings is 1. The quantitative estimate of drug-likeness (QED) is 0.881. The topological polar surface area (TPSA) is 88.9 Å². The predicted octanol–water partition coefficient (Wildman–Crippen LogP) is 1.13. The van der Waals surface area contributed by atoms with Crippen LogP contribution >= 0.6 is 0 Å². The van der Waals surface area contributed by atoms with Crippen LogP contribution in [0.4, 0.5) is 0 Å². The first kappa shape index (κ1) is 16.2. The Morgan fingerprint density at radius 3 is 3.00 bits per heavy atom. The zero-order chi connectivity index (χ0) is 17.1. The highest BCUT2D eigenvalue weighted by Crippen LogP contribution is 2.23. The average Bonchev–Trinajstić information content (AvgIpc) is 3.02. The van der Waals surface area contributed by atoms with Crippen LogP contribution in [0.25, 0.3) is 0 Å². The number of piperidine rings is 1. The molecular formula is C17H21N5O2. The van der Waals surface area contributed by atoms with Crippen LogP contribution < -0.4 is 10.6 Å². The van der Waals surface area contributed by atoms with Crippen molar-refractivity contribution in [1.82, 2.24) is 25.2 Å². The van der Waals surface area contributed by atoms with Crippen molar-refractivity contribution >= 4 is 11.8 Å². The van der Waals surface area contributed by atoms with Gasteiger partial charge in [-0.05, 0) is 24.5 Å². The van der Waals surface area contributed by atoms with Gasteiger partial charge in [-0.15, -0.1) is 0 Å². The van der Waals surface area contributed by atoms with Crippen molar-refractivity contribution in [2.45, 2.75) is 38.3 Å². The number of hydrogen-bond acceptors (Lipinski definition) is 4. The maximum atomic E-state index is 12.7. The summed E-state index contributed by atoms with van der Waals surface area (Å²) in [5, 5.41) is 6.01. The molecule has 3 heterocycles.